The number of hydrogen-bond donors (Lipinski definition) is 3. The first kappa shape index (κ1) is 12.2. The van der Waals surface area contributed by atoms with Gasteiger partial charge in [-0.2, -0.15) is 0 Å². The molecule has 0 spiro atoms. The first-order valence-corrected chi connectivity index (χ1v) is 6.81. The van der Waals surface area contributed by atoms with Crippen LogP contribution in [0.1, 0.15) is 41.7 Å². The van der Waals surface area contributed by atoms with Crippen LogP contribution in [-0.2, 0) is 6.54 Å². The molecule has 4 nitrogen and oxygen atoms in total. The zero-order valence-corrected chi connectivity index (χ0v) is 10.8. The minimum atomic E-state index is -0.887. The van der Waals surface area contributed by atoms with E-state index in [0.29, 0.717) is 11.6 Å². The minimum absolute atomic E-state index is 0.324. The van der Waals surface area contributed by atoms with Crippen LogP contribution in [0.2, 0.25) is 0 Å². The van der Waals surface area contributed by atoms with Gasteiger partial charge in [-0.25, -0.2) is 4.79 Å². The maximum atomic E-state index is 10.9. The molecule has 19 heavy (non-hydrogen) atoms. The molecule has 1 saturated carbocycles. The van der Waals surface area contributed by atoms with E-state index in [0.717, 1.165) is 23.1 Å². The van der Waals surface area contributed by atoms with Gasteiger partial charge in [-0.1, -0.05) is 18.9 Å². The first-order chi connectivity index (χ1) is 9.22. The summed E-state index contributed by atoms with van der Waals surface area (Å²) in [6.45, 7) is 0.821. The Labute approximate surface area is 111 Å². The van der Waals surface area contributed by atoms with Crippen LogP contribution in [0.15, 0.2) is 24.3 Å². The zero-order chi connectivity index (χ0) is 13.2. The number of carbonyl (C=O) groups is 1. The fourth-order valence-electron chi connectivity index (χ4n) is 2.80. The maximum absolute atomic E-state index is 10.9. The molecule has 0 amide bonds. The summed E-state index contributed by atoms with van der Waals surface area (Å²) < 4.78 is 0. The number of aromatic carboxylic acids is 1. The molecular weight excluding hydrogens is 240 g/mol. The first-order valence-electron chi connectivity index (χ1n) is 6.81. The standard InChI is InChI=1S/C15H18N2O2/c18-15(19)11-6-5-10-7-13(17-14(10)8-11)9-16-12-3-1-2-4-12/h5-8,12,16-17H,1-4,9H2,(H,18,19). The molecule has 0 unspecified atom stereocenters. The van der Waals surface area contributed by atoms with Crippen LogP contribution in [0.5, 0.6) is 0 Å². The smallest absolute Gasteiger partial charge is 0.335 e. The predicted molar refractivity (Wildman–Crippen MR) is 74.4 cm³/mol. The summed E-state index contributed by atoms with van der Waals surface area (Å²) in [6, 6.07) is 7.92. The average Bonchev–Trinajstić information content (AvgIpc) is 3.04. The van der Waals surface area contributed by atoms with Crippen LogP contribution < -0.4 is 5.32 Å². The molecule has 0 saturated heterocycles. The molecule has 0 radical (unpaired) electrons. The number of fused-ring (bicyclic) bond motifs is 1. The molecule has 0 atom stereocenters. The summed E-state index contributed by atoms with van der Waals surface area (Å²) >= 11 is 0. The molecule has 3 N–H and O–H groups in total. The normalized spacial score (nSPS) is 16.2. The molecule has 4 heteroatoms. The van der Waals surface area contributed by atoms with Crippen molar-refractivity contribution in [3.8, 4) is 0 Å². The quantitative estimate of drug-likeness (QED) is 0.790. The summed E-state index contributed by atoms with van der Waals surface area (Å²) in [5.74, 6) is -0.887. The van der Waals surface area contributed by atoms with Crippen LogP contribution in [0.4, 0.5) is 0 Å². The number of hydrogen-bond acceptors (Lipinski definition) is 2. The fraction of sp³-hybridized carbons (Fsp3) is 0.400. The lowest BCUT2D eigenvalue weighted by molar-refractivity contribution is 0.0697. The summed E-state index contributed by atoms with van der Waals surface area (Å²) in [5, 5.41) is 13.6. The van der Waals surface area contributed by atoms with Gasteiger partial charge in [-0.3, -0.25) is 0 Å². The van der Waals surface area contributed by atoms with Gasteiger partial charge in [-0.15, -0.1) is 0 Å². The Morgan fingerprint density at radius 1 is 1.32 bits per heavy atom. The SMILES string of the molecule is O=C(O)c1ccc2cc(CNC3CCCC3)[nH]c2c1. The van der Waals surface area contributed by atoms with Gasteiger partial charge in [-0.05, 0) is 36.4 Å². The second kappa shape index (κ2) is 5.05. The van der Waals surface area contributed by atoms with E-state index in [1.54, 1.807) is 12.1 Å². The Balaban J connectivity index is 1.75. The molecular formula is C15H18N2O2. The summed E-state index contributed by atoms with van der Waals surface area (Å²) in [6.07, 6.45) is 5.19. The number of carboxylic acid groups (broad SMARTS) is 1. The fourth-order valence-corrected chi connectivity index (χ4v) is 2.80. The molecule has 100 valence electrons. The Kier molecular flexibility index (Phi) is 3.25. The number of benzene rings is 1. The van der Waals surface area contributed by atoms with Gasteiger partial charge in [0.15, 0.2) is 0 Å². The highest BCUT2D eigenvalue weighted by Gasteiger charge is 2.14. The highest BCUT2D eigenvalue weighted by Crippen LogP contribution is 2.20. The van der Waals surface area contributed by atoms with Crippen molar-refractivity contribution in [2.45, 2.75) is 38.3 Å². The van der Waals surface area contributed by atoms with Gasteiger partial charge in [0, 0.05) is 23.8 Å². The summed E-state index contributed by atoms with van der Waals surface area (Å²) in [7, 11) is 0. The molecule has 1 aromatic carbocycles. The topological polar surface area (TPSA) is 65.1 Å². The number of nitrogens with one attached hydrogen (secondary N) is 2. The highest BCUT2D eigenvalue weighted by molar-refractivity contribution is 5.93. The van der Waals surface area contributed by atoms with Gasteiger partial charge < -0.3 is 15.4 Å². The Hall–Kier alpha value is -1.81. The van der Waals surface area contributed by atoms with E-state index < -0.39 is 5.97 Å². The van der Waals surface area contributed by atoms with E-state index in [9.17, 15) is 4.79 Å². The van der Waals surface area contributed by atoms with Gasteiger partial charge in [0.05, 0.1) is 5.56 Å². The van der Waals surface area contributed by atoms with Crippen molar-refractivity contribution >= 4 is 16.9 Å². The van der Waals surface area contributed by atoms with Crippen molar-refractivity contribution in [3.63, 3.8) is 0 Å². The lowest BCUT2D eigenvalue weighted by atomic mass is 10.1. The van der Waals surface area contributed by atoms with Gasteiger partial charge in [0.2, 0.25) is 0 Å². The van der Waals surface area contributed by atoms with Gasteiger partial charge in [0.1, 0.15) is 0 Å². The monoisotopic (exact) mass is 258 g/mol. The Morgan fingerprint density at radius 2 is 2.11 bits per heavy atom. The van der Waals surface area contributed by atoms with Crippen molar-refractivity contribution in [2.75, 3.05) is 0 Å². The van der Waals surface area contributed by atoms with E-state index in [2.05, 4.69) is 16.4 Å². The average molecular weight is 258 g/mol. The van der Waals surface area contributed by atoms with Crippen LogP contribution >= 0.6 is 0 Å². The van der Waals surface area contributed by atoms with Crippen molar-refractivity contribution in [1.29, 1.82) is 0 Å². The number of rotatable bonds is 4. The van der Waals surface area contributed by atoms with Gasteiger partial charge >= 0.3 is 5.97 Å². The maximum Gasteiger partial charge on any atom is 0.335 e. The third kappa shape index (κ3) is 2.63. The molecule has 1 aromatic heterocycles. The molecule has 2 aromatic rings. The lowest BCUT2D eigenvalue weighted by Crippen LogP contribution is -2.25. The van der Waals surface area contributed by atoms with E-state index >= 15 is 0 Å². The van der Waals surface area contributed by atoms with Crippen molar-refractivity contribution in [3.05, 3.63) is 35.5 Å². The van der Waals surface area contributed by atoms with E-state index in [1.807, 2.05) is 6.07 Å². The highest BCUT2D eigenvalue weighted by atomic mass is 16.4. The number of carboxylic acids is 1. The molecule has 1 aliphatic rings. The lowest BCUT2D eigenvalue weighted by Gasteiger charge is -2.10. The molecule has 3 rings (SSSR count). The van der Waals surface area contributed by atoms with Crippen molar-refractivity contribution in [2.24, 2.45) is 0 Å². The molecule has 1 fully saturated rings. The molecule has 0 aliphatic heterocycles. The van der Waals surface area contributed by atoms with Crippen molar-refractivity contribution < 1.29 is 9.90 Å². The van der Waals surface area contributed by atoms with Crippen LogP contribution in [0, 0.1) is 0 Å². The minimum Gasteiger partial charge on any atom is -0.478 e. The third-order valence-electron chi connectivity index (χ3n) is 3.86. The summed E-state index contributed by atoms with van der Waals surface area (Å²) in [4.78, 5) is 14.2. The van der Waals surface area contributed by atoms with E-state index in [-0.39, 0.29) is 0 Å². The summed E-state index contributed by atoms with van der Waals surface area (Å²) in [5.41, 5.74) is 2.33. The Morgan fingerprint density at radius 3 is 2.84 bits per heavy atom. The van der Waals surface area contributed by atoms with Crippen molar-refractivity contribution in [1.82, 2.24) is 10.3 Å². The number of aromatic nitrogens is 1. The third-order valence-corrected chi connectivity index (χ3v) is 3.86. The number of aromatic amines is 1. The Bertz CT molecular complexity index is 597. The van der Waals surface area contributed by atoms with Gasteiger partial charge in [0.25, 0.3) is 0 Å². The molecule has 0 bridgehead atoms. The molecule has 1 heterocycles. The zero-order valence-electron chi connectivity index (χ0n) is 10.8. The van der Waals surface area contributed by atoms with E-state index in [4.69, 9.17) is 5.11 Å². The largest absolute Gasteiger partial charge is 0.478 e. The van der Waals surface area contributed by atoms with Crippen LogP contribution in [0.25, 0.3) is 10.9 Å². The second-order valence-electron chi connectivity index (χ2n) is 5.26. The molecule has 1 aliphatic carbocycles. The second-order valence-corrected chi connectivity index (χ2v) is 5.26. The predicted octanol–water partition coefficient (Wildman–Crippen LogP) is 2.90. The number of H-pyrrole nitrogens is 1. The van der Waals surface area contributed by atoms with Crippen LogP contribution in [0.3, 0.4) is 0 Å². The van der Waals surface area contributed by atoms with Crippen LogP contribution in [-0.4, -0.2) is 22.1 Å². The van der Waals surface area contributed by atoms with E-state index in [1.165, 1.54) is 25.7 Å².